The number of ketones is 1. The predicted octanol–water partition coefficient (Wildman–Crippen LogP) is 4.14. The quantitative estimate of drug-likeness (QED) is 0.314. The third-order valence-electron chi connectivity index (χ3n) is 4.27. The van der Waals surface area contributed by atoms with E-state index in [0.29, 0.717) is 27.4 Å². The minimum absolute atomic E-state index is 0.0832. The Hall–Kier alpha value is -3.19. The molecule has 2 heterocycles. The van der Waals surface area contributed by atoms with Crippen LogP contribution in [0.4, 0.5) is 4.39 Å². The topological polar surface area (TPSA) is 67.8 Å². The van der Waals surface area contributed by atoms with E-state index < -0.39 is 5.82 Å². The molecule has 0 aliphatic carbocycles. The monoisotopic (exact) mass is 393 g/mol. The first-order chi connectivity index (χ1) is 13.5. The molecule has 0 aliphatic heterocycles. The number of para-hydroxylation sites is 1. The molecular formula is C21H16FN3O2S. The molecule has 7 heteroatoms. The average molecular weight is 393 g/mol. The zero-order chi connectivity index (χ0) is 19.7. The van der Waals surface area contributed by atoms with E-state index in [1.165, 1.54) is 40.6 Å². The van der Waals surface area contributed by atoms with Gasteiger partial charge in [0.15, 0.2) is 10.9 Å². The predicted molar refractivity (Wildman–Crippen MR) is 108 cm³/mol. The van der Waals surface area contributed by atoms with Crippen LogP contribution in [-0.2, 0) is 0 Å². The molecule has 0 atom stereocenters. The van der Waals surface area contributed by atoms with E-state index in [2.05, 4.69) is 9.97 Å². The van der Waals surface area contributed by atoms with Crippen LogP contribution >= 0.6 is 11.8 Å². The first kappa shape index (κ1) is 18.2. The number of aromatic nitrogens is 3. The second-order valence-corrected chi connectivity index (χ2v) is 7.24. The molecule has 0 aliphatic rings. The molecule has 0 spiro atoms. The Morgan fingerprint density at radius 2 is 1.86 bits per heavy atom. The van der Waals surface area contributed by atoms with Gasteiger partial charge in [-0.05, 0) is 49.4 Å². The Labute approximate surface area is 164 Å². The van der Waals surface area contributed by atoms with Gasteiger partial charge in [0.25, 0.3) is 5.56 Å². The lowest BCUT2D eigenvalue weighted by Gasteiger charge is -2.11. The fourth-order valence-corrected chi connectivity index (χ4v) is 3.84. The van der Waals surface area contributed by atoms with Gasteiger partial charge in [-0.3, -0.25) is 14.2 Å². The number of carbonyl (C=O) groups is 1. The zero-order valence-electron chi connectivity index (χ0n) is 15.0. The van der Waals surface area contributed by atoms with Crippen LogP contribution in [0.1, 0.15) is 16.1 Å². The van der Waals surface area contributed by atoms with Gasteiger partial charge in [0, 0.05) is 11.3 Å². The van der Waals surface area contributed by atoms with Gasteiger partial charge in [-0.25, -0.2) is 9.37 Å². The molecule has 0 radical (unpaired) electrons. The van der Waals surface area contributed by atoms with Crippen LogP contribution in [0.2, 0.25) is 0 Å². The van der Waals surface area contributed by atoms with Gasteiger partial charge in [-0.2, -0.15) is 0 Å². The zero-order valence-corrected chi connectivity index (χ0v) is 15.8. The average Bonchev–Trinajstić information content (AvgIpc) is 3.08. The van der Waals surface area contributed by atoms with E-state index >= 15 is 0 Å². The number of rotatable bonds is 5. The molecule has 0 unspecified atom stereocenters. The Morgan fingerprint density at radius 1 is 1.14 bits per heavy atom. The van der Waals surface area contributed by atoms with E-state index in [1.807, 2.05) is 37.3 Å². The van der Waals surface area contributed by atoms with Crippen molar-refractivity contribution in [1.29, 1.82) is 0 Å². The summed E-state index contributed by atoms with van der Waals surface area (Å²) in [5.74, 6) is -0.471. The highest BCUT2D eigenvalue weighted by Gasteiger charge is 2.16. The second kappa shape index (κ2) is 7.44. The molecule has 140 valence electrons. The normalized spacial score (nSPS) is 11.1. The Balaban J connectivity index is 1.74. The summed E-state index contributed by atoms with van der Waals surface area (Å²) >= 11 is 1.18. The molecular weight excluding hydrogens is 377 g/mol. The lowest BCUT2D eigenvalue weighted by atomic mass is 10.1. The number of hydrogen-bond acceptors (Lipinski definition) is 4. The van der Waals surface area contributed by atoms with Gasteiger partial charge in [0.05, 0.1) is 17.0 Å². The number of hydrogen-bond donors (Lipinski definition) is 1. The van der Waals surface area contributed by atoms with Crippen LogP contribution in [-0.4, -0.2) is 26.1 Å². The summed E-state index contributed by atoms with van der Waals surface area (Å²) < 4.78 is 14.6. The Kier molecular flexibility index (Phi) is 4.83. The van der Waals surface area contributed by atoms with Gasteiger partial charge in [-0.1, -0.05) is 30.0 Å². The molecule has 5 nitrogen and oxygen atoms in total. The Morgan fingerprint density at radius 3 is 2.57 bits per heavy atom. The summed E-state index contributed by atoms with van der Waals surface area (Å²) in [5, 5.41) is 0.429. The number of halogens is 1. The maximum atomic E-state index is 13.1. The molecule has 2 aromatic carbocycles. The van der Waals surface area contributed by atoms with Gasteiger partial charge < -0.3 is 4.98 Å². The fourth-order valence-electron chi connectivity index (χ4n) is 2.93. The maximum absolute atomic E-state index is 13.1. The van der Waals surface area contributed by atoms with E-state index in [9.17, 15) is 14.0 Å². The number of fused-ring (bicyclic) bond motifs is 1. The van der Waals surface area contributed by atoms with Crippen molar-refractivity contribution in [2.75, 3.05) is 5.75 Å². The van der Waals surface area contributed by atoms with E-state index in [0.717, 1.165) is 5.69 Å². The molecule has 1 N–H and O–H groups in total. The maximum Gasteiger partial charge on any atom is 0.283 e. The first-order valence-corrected chi connectivity index (χ1v) is 9.61. The van der Waals surface area contributed by atoms with Crippen LogP contribution in [0, 0.1) is 12.7 Å². The van der Waals surface area contributed by atoms with Gasteiger partial charge in [0.1, 0.15) is 11.3 Å². The van der Waals surface area contributed by atoms with Crippen LogP contribution in [0.25, 0.3) is 16.7 Å². The molecule has 28 heavy (non-hydrogen) atoms. The highest BCUT2D eigenvalue weighted by Crippen LogP contribution is 2.22. The third-order valence-corrected chi connectivity index (χ3v) is 5.21. The molecule has 0 fully saturated rings. The number of carbonyl (C=O) groups excluding carboxylic acids is 1. The number of H-pyrrole nitrogens is 1. The van der Waals surface area contributed by atoms with Crippen LogP contribution in [0.5, 0.6) is 0 Å². The molecule has 2 aromatic heterocycles. The minimum Gasteiger partial charge on any atom is -0.353 e. The highest BCUT2D eigenvalue weighted by molar-refractivity contribution is 7.99. The van der Waals surface area contributed by atoms with E-state index in [1.54, 1.807) is 6.07 Å². The lowest BCUT2D eigenvalue weighted by molar-refractivity contribution is 0.102. The van der Waals surface area contributed by atoms with Crippen LogP contribution in [0.3, 0.4) is 0 Å². The Bertz CT molecular complexity index is 1210. The van der Waals surface area contributed by atoms with Crippen molar-refractivity contribution in [3.8, 4) is 5.69 Å². The summed E-state index contributed by atoms with van der Waals surface area (Å²) in [5.41, 5.74) is 2.69. The highest BCUT2D eigenvalue weighted by atomic mass is 32.2. The van der Waals surface area contributed by atoms with Crippen molar-refractivity contribution in [1.82, 2.24) is 14.5 Å². The second-order valence-electron chi connectivity index (χ2n) is 6.30. The van der Waals surface area contributed by atoms with Crippen LogP contribution in [0.15, 0.2) is 70.6 Å². The molecule has 0 bridgehead atoms. The van der Waals surface area contributed by atoms with Crippen molar-refractivity contribution >= 4 is 28.6 Å². The molecule has 0 saturated heterocycles. The smallest absolute Gasteiger partial charge is 0.283 e. The SMILES string of the molecule is Cc1cc2nc(SCC(=O)c3ccc(F)cc3)n(-c3ccccc3)c(=O)c2[nH]1. The van der Waals surface area contributed by atoms with Crippen molar-refractivity contribution in [3.63, 3.8) is 0 Å². The number of benzene rings is 2. The van der Waals surface area contributed by atoms with Gasteiger partial charge >= 0.3 is 0 Å². The van der Waals surface area contributed by atoms with Crippen molar-refractivity contribution in [2.24, 2.45) is 0 Å². The number of aromatic amines is 1. The molecule has 4 aromatic rings. The largest absolute Gasteiger partial charge is 0.353 e. The lowest BCUT2D eigenvalue weighted by Crippen LogP contribution is -2.22. The molecule has 0 amide bonds. The van der Waals surface area contributed by atoms with Crippen molar-refractivity contribution in [2.45, 2.75) is 12.1 Å². The number of nitrogens with zero attached hydrogens (tertiary/aromatic N) is 2. The number of aryl methyl sites for hydroxylation is 1. The summed E-state index contributed by atoms with van der Waals surface area (Å²) in [6, 6.07) is 16.4. The summed E-state index contributed by atoms with van der Waals surface area (Å²) in [6.07, 6.45) is 0. The molecule has 4 rings (SSSR count). The summed E-state index contributed by atoms with van der Waals surface area (Å²) in [7, 11) is 0. The van der Waals surface area contributed by atoms with Gasteiger partial charge in [-0.15, -0.1) is 0 Å². The summed E-state index contributed by atoms with van der Waals surface area (Å²) in [4.78, 5) is 33.2. The van der Waals surface area contributed by atoms with E-state index in [4.69, 9.17) is 0 Å². The summed E-state index contributed by atoms with van der Waals surface area (Å²) in [6.45, 7) is 1.86. The number of thioether (sulfide) groups is 1. The number of nitrogens with one attached hydrogen (secondary N) is 1. The third kappa shape index (κ3) is 3.48. The van der Waals surface area contributed by atoms with Crippen molar-refractivity contribution in [3.05, 3.63) is 88.1 Å². The molecule has 0 saturated carbocycles. The first-order valence-electron chi connectivity index (χ1n) is 8.62. The fraction of sp³-hybridized carbons (Fsp3) is 0.0952. The number of Topliss-reactive ketones (excluding diaryl/α,β-unsaturated/α-hetero) is 1. The van der Waals surface area contributed by atoms with Crippen LogP contribution < -0.4 is 5.56 Å². The van der Waals surface area contributed by atoms with Crippen molar-refractivity contribution < 1.29 is 9.18 Å². The van der Waals surface area contributed by atoms with E-state index in [-0.39, 0.29) is 17.1 Å². The standard InChI is InChI=1S/C21H16FN3O2S/c1-13-11-17-19(23-13)20(27)25(16-5-3-2-4-6-16)21(24-17)28-12-18(26)14-7-9-15(22)10-8-14/h2-11,23H,12H2,1H3. The van der Waals surface area contributed by atoms with Gasteiger partial charge in [0.2, 0.25) is 0 Å². The minimum atomic E-state index is -0.392.